The Labute approximate surface area is 252 Å². The maximum atomic E-state index is 6.53. The minimum Gasteiger partial charge on any atom is -0.456 e. The Morgan fingerprint density at radius 1 is 0.500 bits per heavy atom. The van der Waals surface area contributed by atoms with Gasteiger partial charge in [0.1, 0.15) is 34.3 Å². The van der Waals surface area contributed by atoms with E-state index in [2.05, 4.69) is 66.0 Å². The van der Waals surface area contributed by atoms with E-state index in [1.54, 1.807) is 0 Å². The zero-order valence-electron chi connectivity index (χ0n) is 23.6. The van der Waals surface area contributed by atoms with Crippen molar-refractivity contribution in [2.75, 3.05) is 0 Å². The van der Waals surface area contributed by atoms with Crippen molar-refractivity contribution in [1.82, 2.24) is 5.32 Å². The fraction of sp³-hybridized carbons (Fsp3) is 0.0256. The van der Waals surface area contributed by atoms with Gasteiger partial charge in [-0.2, -0.15) is 0 Å². The Kier molecular flexibility index (Phi) is 5.50. The average Bonchev–Trinajstić information content (AvgIpc) is 3.66. The van der Waals surface area contributed by atoms with Gasteiger partial charge in [-0.25, -0.2) is 9.98 Å². The number of aliphatic imine (C=N–C) groups is 2. The molecule has 208 valence electrons. The highest BCUT2D eigenvalue weighted by Crippen LogP contribution is 2.39. The lowest BCUT2D eigenvalue weighted by Gasteiger charge is -2.23. The van der Waals surface area contributed by atoms with Gasteiger partial charge in [-0.3, -0.25) is 0 Å². The molecule has 0 spiro atoms. The van der Waals surface area contributed by atoms with E-state index in [0.29, 0.717) is 5.84 Å². The molecule has 8 aromatic rings. The predicted octanol–water partition coefficient (Wildman–Crippen LogP) is 9.65. The van der Waals surface area contributed by atoms with E-state index in [1.165, 1.54) is 0 Å². The zero-order valence-corrected chi connectivity index (χ0v) is 23.6. The molecule has 3 heterocycles. The highest BCUT2D eigenvalue weighted by Gasteiger charge is 2.22. The van der Waals surface area contributed by atoms with Gasteiger partial charge in [-0.1, -0.05) is 103 Å². The van der Waals surface area contributed by atoms with Crippen LogP contribution in [0.5, 0.6) is 0 Å². The number of para-hydroxylation sites is 2. The summed E-state index contributed by atoms with van der Waals surface area (Å²) in [7, 11) is 0. The molecule has 0 aliphatic carbocycles. The van der Waals surface area contributed by atoms with Gasteiger partial charge in [0.2, 0.25) is 0 Å². The summed E-state index contributed by atoms with van der Waals surface area (Å²) in [6.45, 7) is 0. The van der Waals surface area contributed by atoms with Crippen LogP contribution >= 0.6 is 0 Å². The highest BCUT2D eigenvalue weighted by atomic mass is 16.3. The molecule has 2 aromatic heterocycles. The normalized spacial score (nSPS) is 15.0. The van der Waals surface area contributed by atoms with E-state index in [-0.39, 0.29) is 6.17 Å². The number of nitrogens with one attached hydrogen (secondary N) is 1. The number of rotatable bonds is 4. The monoisotopic (exact) mass is 567 g/mol. The number of amidine groups is 2. The van der Waals surface area contributed by atoms with Crippen molar-refractivity contribution >= 4 is 55.5 Å². The van der Waals surface area contributed by atoms with Crippen molar-refractivity contribution in [3.63, 3.8) is 0 Å². The minimum atomic E-state index is -0.254. The van der Waals surface area contributed by atoms with Crippen molar-refractivity contribution in [2.45, 2.75) is 6.17 Å². The second kappa shape index (κ2) is 9.82. The average molecular weight is 568 g/mol. The molecule has 1 unspecified atom stereocenters. The summed E-state index contributed by atoms with van der Waals surface area (Å²) >= 11 is 0. The van der Waals surface area contributed by atoms with Crippen LogP contribution in [0.1, 0.15) is 22.9 Å². The summed E-state index contributed by atoms with van der Waals surface area (Å²) in [4.78, 5) is 9.97. The molecule has 0 radical (unpaired) electrons. The van der Waals surface area contributed by atoms with E-state index in [4.69, 9.17) is 18.8 Å². The highest BCUT2D eigenvalue weighted by molar-refractivity contribution is 6.16. The lowest BCUT2D eigenvalue weighted by atomic mass is 10.00. The fourth-order valence-corrected chi connectivity index (χ4v) is 6.19. The van der Waals surface area contributed by atoms with E-state index >= 15 is 0 Å². The molecule has 44 heavy (non-hydrogen) atoms. The number of nitrogens with zero attached hydrogens (tertiary/aromatic N) is 2. The summed E-state index contributed by atoms with van der Waals surface area (Å²) in [5, 5.41) is 7.89. The van der Waals surface area contributed by atoms with E-state index in [9.17, 15) is 0 Å². The zero-order chi connectivity index (χ0) is 29.0. The molecular weight excluding hydrogens is 542 g/mol. The van der Waals surface area contributed by atoms with Crippen LogP contribution in [-0.4, -0.2) is 11.7 Å². The molecule has 0 amide bonds. The van der Waals surface area contributed by atoms with Gasteiger partial charge in [0.25, 0.3) is 0 Å². The largest absolute Gasteiger partial charge is 0.456 e. The number of fused-ring (bicyclic) bond motifs is 6. The first-order valence-corrected chi connectivity index (χ1v) is 14.7. The Balaban J connectivity index is 1.16. The molecule has 6 aromatic carbocycles. The standard InChI is InChI=1S/C39H25N3O2/c1-3-10-24(11-4-1)37-40-38(25-12-5-2-6-13-25)42-39(41-37)27-19-21-35-32(23-27)30-16-9-15-28(36(30)44-35)26-18-20-34-31(22-26)29-14-7-8-17-33(29)43-34/h1-23,37H,(H,40,41,42). The molecule has 0 saturated carbocycles. The van der Waals surface area contributed by atoms with Crippen LogP contribution in [0.15, 0.2) is 158 Å². The van der Waals surface area contributed by atoms with Crippen molar-refractivity contribution < 1.29 is 8.83 Å². The number of hydrogen-bond acceptors (Lipinski definition) is 5. The fourth-order valence-electron chi connectivity index (χ4n) is 6.19. The summed E-state index contributed by atoms with van der Waals surface area (Å²) in [5.41, 5.74) is 8.63. The Hall–Kier alpha value is -5.94. The molecule has 1 aliphatic heterocycles. The van der Waals surface area contributed by atoms with E-state index in [1.807, 2.05) is 78.9 Å². The molecule has 0 saturated heterocycles. The second-order valence-electron chi connectivity index (χ2n) is 11.0. The lowest BCUT2D eigenvalue weighted by molar-refractivity contribution is 0.668. The van der Waals surface area contributed by atoms with Crippen molar-refractivity contribution in [3.05, 3.63) is 156 Å². The quantitative estimate of drug-likeness (QED) is 0.230. The minimum absolute atomic E-state index is 0.254. The number of hydrogen-bond donors (Lipinski definition) is 1. The van der Waals surface area contributed by atoms with E-state index < -0.39 is 0 Å². The van der Waals surface area contributed by atoms with Gasteiger partial charge < -0.3 is 14.2 Å². The van der Waals surface area contributed by atoms with Crippen LogP contribution in [0, 0.1) is 0 Å². The summed E-state index contributed by atoms with van der Waals surface area (Å²) in [6.07, 6.45) is -0.254. The Morgan fingerprint density at radius 3 is 2.02 bits per heavy atom. The SMILES string of the molecule is c1ccc(C2=NC(c3ccccc3)NC(c3ccc4oc5c(-c6ccc7oc8ccccc8c7c6)cccc5c4c3)=N2)cc1. The molecule has 0 bridgehead atoms. The second-order valence-corrected chi connectivity index (χ2v) is 11.0. The van der Waals surface area contributed by atoms with Crippen molar-refractivity contribution in [2.24, 2.45) is 9.98 Å². The Morgan fingerprint density at radius 2 is 1.16 bits per heavy atom. The topological polar surface area (TPSA) is 63.0 Å². The van der Waals surface area contributed by atoms with Gasteiger partial charge in [-0.05, 0) is 47.5 Å². The van der Waals surface area contributed by atoms with Crippen LogP contribution in [0.2, 0.25) is 0 Å². The Bertz CT molecular complexity index is 2420. The first-order chi connectivity index (χ1) is 21.8. The molecule has 5 heteroatoms. The van der Waals surface area contributed by atoms with Crippen LogP contribution < -0.4 is 5.32 Å². The molecule has 9 rings (SSSR count). The third-order valence-electron chi connectivity index (χ3n) is 8.35. The molecule has 1 atom stereocenters. The summed E-state index contributed by atoms with van der Waals surface area (Å²) < 4.78 is 12.6. The third-order valence-corrected chi connectivity index (χ3v) is 8.35. The van der Waals surface area contributed by atoms with Gasteiger partial charge in [-0.15, -0.1) is 0 Å². The predicted molar refractivity (Wildman–Crippen MR) is 178 cm³/mol. The van der Waals surface area contributed by atoms with Crippen LogP contribution in [0.25, 0.3) is 55.0 Å². The van der Waals surface area contributed by atoms with E-state index in [0.717, 1.165) is 77.5 Å². The third kappa shape index (κ3) is 4.02. The van der Waals surface area contributed by atoms with Crippen molar-refractivity contribution in [1.29, 1.82) is 0 Å². The van der Waals surface area contributed by atoms with Gasteiger partial charge in [0.15, 0.2) is 5.84 Å². The number of furan rings is 2. The molecule has 0 fully saturated rings. The molecule has 5 nitrogen and oxygen atoms in total. The van der Waals surface area contributed by atoms with Gasteiger partial charge in [0.05, 0.1) is 0 Å². The first-order valence-electron chi connectivity index (χ1n) is 14.7. The maximum absolute atomic E-state index is 6.53. The molecular formula is C39H25N3O2. The van der Waals surface area contributed by atoms with Crippen LogP contribution in [0.3, 0.4) is 0 Å². The molecule has 1 aliphatic rings. The summed E-state index contributed by atoms with van der Waals surface area (Å²) in [6, 6.07) is 47.5. The lowest BCUT2D eigenvalue weighted by Crippen LogP contribution is -2.33. The first kappa shape index (κ1) is 24.6. The number of benzene rings is 6. The maximum Gasteiger partial charge on any atom is 0.159 e. The smallest absolute Gasteiger partial charge is 0.159 e. The van der Waals surface area contributed by atoms with Crippen LogP contribution in [-0.2, 0) is 0 Å². The summed E-state index contributed by atoms with van der Waals surface area (Å²) in [5.74, 6) is 1.48. The van der Waals surface area contributed by atoms with Crippen LogP contribution in [0.4, 0.5) is 0 Å². The molecule has 1 N–H and O–H groups in total. The van der Waals surface area contributed by atoms with Gasteiger partial charge >= 0.3 is 0 Å². The van der Waals surface area contributed by atoms with Crippen molar-refractivity contribution in [3.8, 4) is 11.1 Å². The van der Waals surface area contributed by atoms with Gasteiger partial charge in [0, 0.05) is 38.2 Å².